The fourth-order valence-electron chi connectivity index (χ4n) is 2.44. The minimum atomic E-state index is -4.60. The van der Waals surface area contributed by atoms with Crippen LogP contribution >= 0.6 is 11.3 Å². The van der Waals surface area contributed by atoms with Gasteiger partial charge in [0, 0.05) is 18.1 Å². The third-order valence-corrected chi connectivity index (χ3v) is 4.77. The van der Waals surface area contributed by atoms with Crippen LogP contribution < -0.4 is 11.1 Å². The Kier molecular flexibility index (Phi) is 4.87. The topological polar surface area (TPSA) is 101 Å². The highest BCUT2D eigenvalue weighted by atomic mass is 32.1. The van der Waals surface area contributed by atoms with Gasteiger partial charge in [0.2, 0.25) is 5.91 Å². The smallest absolute Gasteiger partial charge is 0.369 e. The zero-order valence-corrected chi connectivity index (χ0v) is 14.8. The van der Waals surface area contributed by atoms with Gasteiger partial charge in [-0.3, -0.25) is 14.5 Å². The molecule has 7 nitrogen and oxygen atoms in total. The van der Waals surface area contributed by atoms with Gasteiger partial charge in [0.05, 0.1) is 12.5 Å². The summed E-state index contributed by atoms with van der Waals surface area (Å²) < 4.78 is 37.8. The molecule has 11 heteroatoms. The Hall–Kier alpha value is -2.95. The van der Waals surface area contributed by atoms with E-state index in [4.69, 9.17) is 5.73 Å². The molecule has 0 aliphatic carbocycles. The van der Waals surface area contributed by atoms with Gasteiger partial charge in [-0.2, -0.15) is 13.2 Å². The standard InChI is InChI=1S/C16H14F3N5O2S/c1-24-12(25)6-10(23-15(24)20)8-3-2-4-9(5-8)21-13(26)11-7-27-14(22-11)16(17,18)19/h2-5,7,10H,6H2,1H3,(H2,20,23)(H,21,26). The van der Waals surface area contributed by atoms with E-state index in [0.29, 0.717) is 22.6 Å². The summed E-state index contributed by atoms with van der Waals surface area (Å²) in [4.78, 5) is 32.9. The second-order valence-electron chi connectivity index (χ2n) is 5.78. The second kappa shape index (κ2) is 6.99. The normalized spacial score (nSPS) is 17.6. The number of thiazole rings is 1. The Morgan fingerprint density at radius 3 is 2.78 bits per heavy atom. The van der Waals surface area contributed by atoms with Crippen LogP contribution in [0.1, 0.15) is 33.5 Å². The van der Waals surface area contributed by atoms with Crippen LogP contribution in [-0.4, -0.2) is 34.7 Å². The number of hydrogen-bond donors (Lipinski definition) is 2. The van der Waals surface area contributed by atoms with Crippen LogP contribution in [0.4, 0.5) is 18.9 Å². The highest BCUT2D eigenvalue weighted by Gasteiger charge is 2.35. The molecule has 0 saturated heterocycles. The summed E-state index contributed by atoms with van der Waals surface area (Å²) >= 11 is 0.351. The lowest BCUT2D eigenvalue weighted by atomic mass is 10.0. The lowest BCUT2D eigenvalue weighted by Gasteiger charge is -2.25. The highest BCUT2D eigenvalue weighted by Crippen LogP contribution is 2.32. The molecule has 3 rings (SSSR count). The van der Waals surface area contributed by atoms with Gasteiger partial charge < -0.3 is 11.1 Å². The van der Waals surface area contributed by atoms with Crippen LogP contribution in [0.15, 0.2) is 34.6 Å². The molecular weight excluding hydrogens is 383 g/mol. The van der Waals surface area contributed by atoms with Crippen molar-refractivity contribution in [2.45, 2.75) is 18.6 Å². The molecule has 0 saturated carbocycles. The lowest BCUT2D eigenvalue weighted by Crippen LogP contribution is -2.42. The number of amides is 2. The minimum absolute atomic E-state index is 0.0906. The van der Waals surface area contributed by atoms with Crippen molar-refractivity contribution in [3.8, 4) is 0 Å². The maximum atomic E-state index is 12.6. The number of nitrogens with one attached hydrogen (secondary N) is 1. The predicted molar refractivity (Wildman–Crippen MR) is 93.3 cm³/mol. The van der Waals surface area contributed by atoms with Crippen molar-refractivity contribution in [1.29, 1.82) is 0 Å². The number of carbonyl (C=O) groups is 2. The first-order valence-corrected chi connectivity index (χ1v) is 8.57. The van der Waals surface area contributed by atoms with Crippen molar-refractivity contribution in [1.82, 2.24) is 9.88 Å². The van der Waals surface area contributed by atoms with Crippen molar-refractivity contribution in [3.05, 3.63) is 45.9 Å². The summed E-state index contributed by atoms with van der Waals surface area (Å²) in [6.45, 7) is 0. The van der Waals surface area contributed by atoms with E-state index in [-0.39, 0.29) is 24.0 Å². The highest BCUT2D eigenvalue weighted by molar-refractivity contribution is 7.10. The summed E-state index contributed by atoms with van der Waals surface area (Å²) in [5, 5.41) is 2.45. The maximum absolute atomic E-state index is 12.6. The van der Waals surface area contributed by atoms with E-state index >= 15 is 0 Å². The van der Waals surface area contributed by atoms with Gasteiger partial charge in [-0.1, -0.05) is 12.1 Å². The summed E-state index contributed by atoms with van der Waals surface area (Å²) in [6, 6.07) is 6.03. The number of carbonyl (C=O) groups excluding carboxylic acids is 2. The van der Waals surface area contributed by atoms with Gasteiger partial charge in [0.15, 0.2) is 11.0 Å². The first kappa shape index (κ1) is 18.8. The number of hydrogen-bond acceptors (Lipinski definition) is 6. The Balaban J connectivity index is 1.77. The van der Waals surface area contributed by atoms with Crippen LogP contribution in [-0.2, 0) is 11.0 Å². The molecule has 2 heterocycles. The number of nitrogens with zero attached hydrogens (tertiary/aromatic N) is 3. The first-order chi connectivity index (χ1) is 12.6. The number of aliphatic imine (C=N–C) groups is 1. The Labute approximate surface area is 155 Å². The summed E-state index contributed by atoms with van der Waals surface area (Å²) in [6.07, 6.45) is -4.47. The molecule has 2 aromatic rings. The Morgan fingerprint density at radius 2 is 2.15 bits per heavy atom. The quantitative estimate of drug-likeness (QED) is 0.831. The van der Waals surface area contributed by atoms with E-state index in [1.54, 1.807) is 24.3 Å². The van der Waals surface area contributed by atoms with Gasteiger partial charge in [-0.25, -0.2) is 9.98 Å². The van der Waals surface area contributed by atoms with E-state index in [1.807, 2.05) is 0 Å². The van der Waals surface area contributed by atoms with E-state index < -0.39 is 23.1 Å². The number of nitrogens with two attached hydrogens (primary N) is 1. The number of guanidine groups is 1. The molecule has 1 aromatic heterocycles. The molecule has 0 fully saturated rings. The van der Waals surface area contributed by atoms with Crippen molar-refractivity contribution in [2.24, 2.45) is 10.7 Å². The van der Waals surface area contributed by atoms with Crippen LogP contribution in [0.2, 0.25) is 0 Å². The van der Waals surface area contributed by atoms with Crippen molar-refractivity contribution < 1.29 is 22.8 Å². The number of anilines is 1. The first-order valence-electron chi connectivity index (χ1n) is 7.69. The van der Waals surface area contributed by atoms with Crippen LogP contribution in [0.25, 0.3) is 0 Å². The average Bonchev–Trinajstić information content (AvgIpc) is 3.10. The van der Waals surface area contributed by atoms with Crippen LogP contribution in [0.3, 0.4) is 0 Å². The zero-order chi connectivity index (χ0) is 19.8. The molecule has 27 heavy (non-hydrogen) atoms. The third kappa shape index (κ3) is 4.08. The van der Waals surface area contributed by atoms with E-state index in [1.165, 1.54) is 11.9 Å². The molecule has 1 atom stereocenters. The zero-order valence-electron chi connectivity index (χ0n) is 13.9. The summed E-state index contributed by atoms with van der Waals surface area (Å²) in [5.74, 6) is -0.863. The molecule has 1 aromatic carbocycles. The molecule has 142 valence electrons. The van der Waals surface area contributed by atoms with Gasteiger partial charge in [-0.05, 0) is 17.7 Å². The number of aromatic nitrogens is 1. The van der Waals surface area contributed by atoms with Crippen LogP contribution in [0, 0.1) is 0 Å². The molecular formula is C16H14F3N5O2S. The van der Waals surface area contributed by atoms with Gasteiger partial charge in [0.25, 0.3) is 5.91 Å². The van der Waals surface area contributed by atoms with E-state index in [2.05, 4.69) is 15.3 Å². The van der Waals surface area contributed by atoms with Gasteiger partial charge >= 0.3 is 6.18 Å². The van der Waals surface area contributed by atoms with Crippen molar-refractivity contribution >= 4 is 34.8 Å². The van der Waals surface area contributed by atoms with Crippen molar-refractivity contribution in [3.63, 3.8) is 0 Å². The molecule has 2 amide bonds. The largest absolute Gasteiger partial charge is 0.443 e. The molecule has 1 aliphatic rings. The Bertz CT molecular complexity index is 925. The molecule has 3 N–H and O–H groups in total. The summed E-state index contributed by atoms with van der Waals surface area (Å²) in [5.41, 5.74) is 6.38. The minimum Gasteiger partial charge on any atom is -0.369 e. The van der Waals surface area contributed by atoms with E-state index in [9.17, 15) is 22.8 Å². The molecule has 1 aliphatic heterocycles. The monoisotopic (exact) mass is 397 g/mol. The van der Waals surface area contributed by atoms with Crippen molar-refractivity contribution in [2.75, 3.05) is 12.4 Å². The molecule has 0 spiro atoms. The van der Waals surface area contributed by atoms with Gasteiger partial charge in [-0.15, -0.1) is 11.3 Å². The number of halogens is 3. The predicted octanol–water partition coefficient (Wildman–Crippen LogP) is 2.63. The number of alkyl halides is 3. The number of benzene rings is 1. The SMILES string of the molecule is CN1C(=O)CC(c2cccc(NC(=O)c3csc(C(F)(F)F)n3)c2)N=C1N. The van der Waals surface area contributed by atoms with Crippen LogP contribution in [0.5, 0.6) is 0 Å². The fraction of sp³-hybridized carbons (Fsp3) is 0.250. The third-order valence-electron chi connectivity index (χ3n) is 3.88. The lowest BCUT2D eigenvalue weighted by molar-refractivity contribution is -0.137. The molecule has 0 radical (unpaired) electrons. The summed E-state index contributed by atoms with van der Waals surface area (Å²) in [7, 11) is 1.52. The second-order valence-corrected chi connectivity index (χ2v) is 6.63. The number of rotatable bonds is 3. The Morgan fingerprint density at radius 1 is 1.41 bits per heavy atom. The molecule has 1 unspecified atom stereocenters. The maximum Gasteiger partial charge on any atom is 0.443 e. The molecule has 0 bridgehead atoms. The van der Waals surface area contributed by atoms with E-state index in [0.717, 1.165) is 5.38 Å². The van der Waals surface area contributed by atoms with Gasteiger partial charge in [0.1, 0.15) is 5.69 Å². The average molecular weight is 397 g/mol. The fourth-order valence-corrected chi connectivity index (χ4v) is 3.11.